The quantitative estimate of drug-likeness (QED) is 0.551. The highest BCUT2D eigenvalue weighted by Crippen LogP contribution is 2.24. The molecule has 14 heavy (non-hydrogen) atoms. The van der Waals surface area contributed by atoms with E-state index in [0.29, 0.717) is 0 Å². The topological polar surface area (TPSA) is 68.8 Å². The van der Waals surface area contributed by atoms with Crippen molar-refractivity contribution in [1.29, 1.82) is 0 Å². The lowest BCUT2D eigenvalue weighted by molar-refractivity contribution is -0.343. The molecule has 3 rings (SSSR count). The maximum absolute atomic E-state index is 5.91. The number of H-pyrrole nitrogens is 2. The van der Waals surface area contributed by atoms with E-state index in [-0.39, 0.29) is 0 Å². The van der Waals surface area contributed by atoms with Gasteiger partial charge in [-0.05, 0) is 23.2 Å². The van der Waals surface area contributed by atoms with Gasteiger partial charge in [0.25, 0.3) is 6.33 Å². The molecule has 0 aliphatic carbocycles. The number of rotatable bonds is 0. The lowest BCUT2D eigenvalue weighted by Gasteiger charge is -1.99. The predicted molar refractivity (Wildman–Crippen MR) is 54.6 cm³/mol. The Kier molecular flexibility index (Phi) is 1.28. The van der Waals surface area contributed by atoms with Gasteiger partial charge in [0.1, 0.15) is 0 Å². The molecule has 2 heterocycles. The number of aromatic amines is 2. The van der Waals surface area contributed by atoms with E-state index >= 15 is 0 Å². The first-order valence-corrected chi connectivity index (χ1v) is 4.38. The zero-order valence-electron chi connectivity index (χ0n) is 7.41. The molecular weight excluding hydrogens is 176 g/mol. The van der Waals surface area contributed by atoms with Crippen LogP contribution in [0.2, 0.25) is 0 Å². The average molecular weight is 185 g/mol. The lowest BCUT2D eigenvalue weighted by Crippen LogP contribution is -1.98. The second-order valence-electron chi connectivity index (χ2n) is 3.22. The van der Waals surface area contributed by atoms with Crippen LogP contribution in [-0.2, 0) is 0 Å². The second-order valence-corrected chi connectivity index (χ2v) is 3.22. The molecule has 0 bridgehead atoms. The van der Waals surface area contributed by atoms with E-state index in [9.17, 15) is 0 Å². The predicted octanol–water partition coefficient (Wildman–Crippen LogP) is 1.11. The summed E-state index contributed by atoms with van der Waals surface area (Å²) in [6, 6.07) is 5.79. The third-order valence-electron chi connectivity index (χ3n) is 2.39. The molecule has 0 atom stereocenters. The first-order chi connectivity index (χ1) is 6.86. The number of aromatic nitrogens is 3. The summed E-state index contributed by atoms with van der Waals surface area (Å²) in [6.45, 7) is 0. The van der Waals surface area contributed by atoms with Crippen molar-refractivity contribution >= 4 is 27.6 Å². The number of imidazole rings is 1. The number of nitrogens with zero attached hydrogens (tertiary/aromatic N) is 1. The second kappa shape index (κ2) is 2.45. The summed E-state index contributed by atoms with van der Waals surface area (Å²) >= 11 is 0. The Morgan fingerprint density at radius 3 is 3.14 bits per heavy atom. The number of hydrogen-bond donors (Lipinski definition) is 2. The zero-order chi connectivity index (χ0) is 9.54. The third-order valence-corrected chi connectivity index (χ3v) is 2.39. The van der Waals surface area contributed by atoms with Gasteiger partial charge in [0.2, 0.25) is 5.52 Å². The van der Waals surface area contributed by atoms with E-state index in [1.165, 1.54) is 0 Å². The van der Waals surface area contributed by atoms with Crippen LogP contribution < -0.4 is 10.7 Å². The summed E-state index contributed by atoms with van der Waals surface area (Å²) in [7, 11) is 0. The van der Waals surface area contributed by atoms with E-state index < -0.39 is 0 Å². The van der Waals surface area contributed by atoms with Gasteiger partial charge in [-0.25, -0.2) is 4.98 Å². The zero-order valence-corrected chi connectivity index (χ0v) is 7.41. The van der Waals surface area contributed by atoms with Gasteiger partial charge in [0.15, 0.2) is 5.52 Å². The normalized spacial score (nSPS) is 11.1. The smallest absolute Gasteiger partial charge is 0.285 e. The Hall–Kier alpha value is -2.10. The standard InChI is InChI=1S/C10H8N4/c11-6-3-4-12-7-1-2-8-10(9(6)7)14-5-13-8/h1-5,12H,11H2/p+1. The maximum Gasteiger partial charge on any atom is 0.285 e. The molecule has 0 aliphatic heterocycles. The van der Waals surface area contributed by atoms with Gasteiger partial charge in [-0.3, -0.25) is 0 Å². The van der Waals surface area contributed by atoms with Crippen LogP contribution in [0.5, 0.6) is 0 Å². The first-order valence-electron chi connectivity index (χ1n) is 4.38. The van der Waals surface area contributed by atoms with Gasteiger partial charge in [-0.2, -0.15) is 0 Å². The van der Waals surface area contributed by atoms with Gasteiger partial charge in [0.05, 0.1) is 10.9 Å². The molecule has 4 N–H and O–H groups in total. The van der Waals surface area contributed by atoms with E-state index in [0.717, 1.165) is 27.6 Å². The van der Waals surface area contributed by atoms with Crippen LogP contribution in [0.4, 0.5) is 5.69 Å². The summed E-state index contributed by atoms with van der Waals surface area (Å²) in [4.78, 5) is 10.4. The van der Waals surface area contributed by atoms with Gasteiger partial charge < -0.3 is 10.7 Å². The monoisotopic (exact) mass is 185 g/mol. The molecule has 0 saturated heterocycles. The largest absolute Gasteiger partial charge is 0.398 e. The molecule has 0 fully saturated rings. The van der Waals surface area contributed by atoms with Crippen molar-refractivity contribution in [3.05, 3.63) is 30.7 Å². The molecular formula is C10H9N4+. The van der Waals surface area contributed by atoms with Crippen LogP contribution >= 0.6 is 0 Å². The Bertz CT molecular complexity index is 612. The fourth-order valence-electron chi connectivity index (χ4n) is 1.74. The van der Waals surface area contributed by atoms with Crippen molar-refractivity contribution in [2.24, 2.45) is 0 Å². The molecule has 0 unspecified atom stereocenters. The van der Waals surface area contributed by atoms with E-state index in [1.807, 2.05) is 24.4 Å². The molecule has 68 valence electrons. The SMILES string of the molecule is Nc1cc[nH]c2ccc3nc[nH+]c3c12. The number of benzene rings is 1. The van der Waals surface area contributed by atoms with E-state index in [2.05, 4.69) is 15.0 Å². The van der Waals surface area contributed by atoms with Crippen LogP contribution in [-0.4, -0.2) is 9.97 Å². The molecule has 4 nitrogen and oxygen atoms in total. The summed E-state index contributed by atoms with van der Waals surface area (Å²) in [6.07, 6.45) is 3.51. The molecule has 3 aromatic rings. The number of pyridine rings is 1. The Morgan fingerprint density at radius 2 is 2.21 bits per heavy atom. The van der Waals surface area contributed by atoms with Gasteiger partial charge in [0, 0.05) is 11.9 Å². The van der Waals surface area contributed by atoms with Crippen molar-refractivity contribution in [3.8, 4) is 0 Å². The van der Waals surface area contributed by atoms with Gasteiger partial charge in [-0.15, -0.1) is 0 Å². The number of nitrogens with one attached hydrogen (secondary N) is 2. The molecule has 1 aromatic carbocycles. The number of hydrogen-bond acceptors (Lipinski definition) is 2. The minimum Gasteiger partial charge on any atom is -0.398 e. The highest BCUT2D eigenvalue weighted by molar-refractivity contribution is 6.06. The first kappa shape index (κ1) is 7.32. The molecule has 0 radical (unpaired) electrons. The Morgan fingerprint density at radius 1 is 1.29 bits per heavy atom. The Balaban J connectivity index is 2.67. The highest BCUT2D eigenvalue weighted by Gasteiger charge is 2.10. The van der Waals surface area contributed by atoms with Crippen molar-refractivity contribution < 1.29 is 4.98 Å². The Labute approximate surface area is 79.8 Å². The minimum absolute atomic E-state index is 0.758. The minimum atomic E-state index is 0.758. The molecule has 0 spiro atoms. The summed E-state index contributed by atoms with van der Waals surface area (Å²) < 4.78 is 0. The molecule has 0 aliphatic rings. The summed E-state index contributed by atoms with van der Waals surface area (Å²) in [5.41, 5.74) is 9.60. The van der Waals surface area contributed by atoms with E-state index in [1.54, 1.807) is 6.33 Å². The van der Waals surface area contributed by atoms with Crippen LogP contribution in [0.25, 0.3) is 21.9 Å². The summed E-state index contributed by atoms with van der Waals surface area (Å²) in [5.74, 6) is 0. The molecule has 0 saturated carbocycles. The van der Waals surface area contributed by atoms with Crippen molar-refractivity contribution in [1.82, 2.24) is 9.97 Å². The fourth-order valence-corrected chi connectivity index (χ4v) is 1.74. The average Bonchev–Trinajstić information content (AvgIpc) is 2.65. The van der Waals surface area contributed by atoms with Crippen molar-refractivity contribution in [3.63, 3.8) is 0 Å². The van der Waals surface area contributed by atoms with Crippen molar-refractivity contribution in [2.75, 3.05) is 5.73 Å². The number of anilines is 1. The highest BCUT2D eigenvalue weighted by atomic mass is 14.9. The van der Waals surface area contributed by atoms with Crippen LogP contribution in [0.15, 0.2) is 30.7 Å². The summed E-state index contributed by atoms with van der Waals surface area (Å²) in [5, 5.41) is 1.00. The maximum atomic E-state index is 5.91. The van der Waals surface area contributed by atoms with Crippen LogP contribution in [0.1, 0.15) is 0 Å². The van der Waals surface area contributed by atoms with Crippen LogP contribution in [0.3, 0.4) is 0 Å². The van der Waals surface area contributed by atoms with Gasteiger partial charge in [-0.1, -0.05) is 0 Å². The van der Waals surface area contributed by atoms with Gasteiger partial charge >= 0.3 is 0 Å². The van der Waals surface area contributed by atoms with Crippen molar-refractivity contribution in [2.45, 2.75) is 0 Å². The number of fused-ring (bicyclic) bond motifs is 3. The number of nitrogens with two attached hydrogens (primary N) is 1. The third kappa shape index (κ3) is 0.821. The van der Waals surface area contributed by atoms with Crippen LogP contribution in [0, 0.1) is 0 Å². The van der Waals surface area contributed by atoms with E-state index in [4.69, 9.17) is 5.73 Å². The molecule has 4 heteroatoms. The molecule has 0 amide bonds. The fraction of sp³-hybridized carbons (Fsp3) is 0. The lowest BCUT2D eigenvalue weighted by atomic mass is 10.1. The number of nitrogen functional groups attached to an aromatic ring is 1. The molecule has 2 aromatic heterocycles.